The van der Waals surface area contributed by atoms with Crippen molar-refractivity contribution in [1.29, 1.82) is 0 Å². The minimum atomic E-state index is -2.66. The van der Waals surface area contributed by atoms with E-state index in [4.69, 9.17) is 4.18 Å². The fourth-order valence-corrected chi connectivity index (χ4v) is 5.74. The third-order valence-electron chi connectivity index (χ3n) is 4.92. The average Bonchev–Trinajstić information content (AvgIpc) is 3.07. The van der Waals surface area contributed by atoms with Crippen molar-refractivity contribution in [3.05, 3.63) is 72.3 Å². The first-order valence-electron chi connectivity index (χ1n) is 8.29. The van der Waals surface area contributed by atoms with Crippen LogP contribution in [0.15, 0.2) is 71.5 Å². The zero-order chi connectivity index (χ0) is 18.3. The molecule has 2 aliphatic rings. The van der Waals surface area contributed by atoms with Gasteiger partial charge in [0, 0.05) is 42.2 Å². The molecule has 1 aromatic carbocycles. The molecular formula is C19H18CmHfNO4S2-. The molecule has 5 nitrogen and oxygen atoms in total. The van der Waals surface area contributed by atoms with E-state index in [0.29, 0.717) is 6.42 Å². The van der Waals surface area contributed by atoms with Gasteiger partial charge in [0.15, 0.2) is 0 Å². The monoisotopic (exact) mass is 811 g/mol. The van der Waals surface area contributed by atoms with Crippen LogP contribution in [0.5, 0.6) is 0 Å². The summed E-state index contributed by atoms with van der Waals surface area (Å²) in [6, 6.07) is 11.8. The maximum absolute atomic E-state index is 11.6. The van der Waals surface area contributed by atoms with E-state index < -0.39 is 16.6 Å². The van der Waals surface area contributed by atoms with Crippen LogP contribution >= 0.6 is 11.8 Å². The first kappa shape index (κ1) is 22.2. The predicted molar refractivity (Wildman–Crippen MR) is 101 cm³/mol. The molecule has 3 unspecified atom stereocenters. The first-order chi connectivity index (χ1) is 12.5. The molecule has 2 heterocycles. The molecule has 1 aliphatic carbocycles. The maximum atomic E-state index is 11.6. The number of hydrogen-bond donors (Lipinski definition) is 1. The summed E-state index contributed by atoms with van der Waals surface area (Å²) < 4.78 is 30.6. The smallest absolute Gasteiger partial charge is 0.111 e. The summed E-state index contributed by atoms with van der Waals surface area (Å²) in [7, 11) is -2.66. The number of thioether (sulfide) groups is 1. The molecule has 2 aromatic rings. The first-order valence-corrected chi connectivity index (χ1v) is 10.2. The quantitative estimate of drug-likeness (QED) is 0.368. The van der Waals surface area contributed by atoms with Crippen LogP contribution in [0.1, 0.15) is 19.0 Å². The average molecular weight is 814 g/mol. The van der Waals surface area contributed by atoms with Gasteiger partial charge in [-0.3, -0.25) is 0 Å². The van der Waals surface area contributed by atoms with Crippen molar-refractivity contribution in [2.45, 2.75) is 29.1 Å². The van der Waals surface area contributed by atoms with Crippen molar-refractivity contribution >= 4 is 22.7 Å². The third kappa shape index (κ3) is 3.74. The molecule has 3 atom stereocenters. The third-order valence-corrected chi connectivity index (χ3v) is 7.06. The number of aromatic nitrogens is 1. The SMILES string of the molecule is CC1(O[S-](=O)=O)c2cccn2-c2ccccc2SC1C1C=CC(O)=CC1.[Cm].[Hf]. The Bertz CT molecular complexity index is 980. The van der Waals surface area contributed by atoms with Gasteiger partial charge in [-0.15, -0.1) is 11.8 Å². The van der Waals surface area contributed by atoms with Crippen LogP contribution in [-0.2, 0) is 55.0 Å². The Labute approximate surface area is 183 Å². The summed E-state index contributed by atoms with van der Waals surface area (Å²) in [5.74, 6) is 0.248. The molecule has 1 aromatic heterocycles. The second-order valence-corrected chi connectivity index (χ2v) is 8.31. The zero-order valence-corrected chi connectivity index (χ0v) is 23.1. The van der Waals surface area contributed by atoms with Crippen molar-refractivity contribution in [2.24, 2.45) is 5.92 Å². The Balaban J connectivity index is 0.00000140. The number of rotatable bonds is 3. The molecule has 0 amide bonds. The van der Waals surface area contributed by atoms with Crippen LogP contribution in [0.2, 0.25) is 0 Å². The van der Waals surface area contributed by atoms with Crippen LogP contribution in [0.4, 0.5) is 0 Å². The Morgan fingerprint density at radius 2 is 2.00 bits per heavy atom. The molecule has 0 bridgehead atoms. The fourth-order valence-electron chi connectivity index (χ4n) is 3.72. The van der Waals surface area contributed by atoms with Gasteiger partial charge in [0.1, 0.15) is 11.4 Å². The van der Waals surface area contributed by atoms with Crippen molar-refractivity contribution in [1.82, 2.24) is 4.57 Å². The van der Waals surface area contributed by atoms with E-state index in [1.54, 1.807) is 23.9 Å². The Hall–Kier alpha value is -2.09. The van der Waals surface area contributed by atoms with Gasteiger partial charge in [-0.05, 0) is 55.7 Å². The van der Waals surface area contributed by atoms with Gasteiger partial charge in [-0.1, -0.05) is 18.2 Å². The maximum Gasteiger partial charge on any atom is 0.111 e. The molecule has 1 N–H and O–H groups in total. The van der Waals surface area contributed by atoms with E-state index in [1.165, 1.54) is 0 Å². The molecule has 28 heavy (non-hydrogen) atoms. The Morgan fingerprint density at radius 3 is 2.68 bits per heavy atom. The number of aliphatic hydroxyl groups excluding tert-OH is 1. The van der Waals surface area contributed by atoms with Gasteiger partial charge in [0.05, 0.1) is 22.4 Å². The number of hydrogen-bond acceptors (Lipinski definition) is 6. The van der Waals surface area contributed by atoms with Crippen LogP contribution in [0.25, 0.3) is 5.69 Å². The molecular weight excluding hydrogens is 796 g/mol. The Kier molecular flexibility index (Phi) is 6.75. The summed E-state index contributed by atoms with van der Waals surface area (Å²) in [5, 5.41) is 9.48. The Morgan fingerprint density at radius 1 is 1.25 bits per heavy atom. The normalized spacial score (nSPS) is 25.6. The standard InChI is InChI=1S/C19H18NO4S2.Cm.Hf/c1-19(24-26(22)23)17-7-4-12-20(17)15-5-2-3-6-16(15)25-18(19)13-8-10-14(21)11-9-13;;/h2-8,10-13,18,21H,9H2,1H3;;/q-1;;. The molecule has 0 fully saturated rings. The molecule has 0 spiro atoms. The second kappa shape index (κ2) is 8.51. The minimum absolute atomic E-state index is 0. The van der Waals surface area contributed by atoms with E-state index in [1.807, 2.05) is 60.2 Å². The van der Waals surface area contributed by atoms with Crippen molar-refractivity contribution in [3.63, 3.8) is 0 Å². The van der Waals surface area contributed by atoms with Gasteiger partial charge < -0.3 is 22.3 Å². The van der Waals surface area contributed by atoms with Crippen LogP contribution in [0, 0.1) is 5.92 Å². The molecule has 148 valence electrons. The van der Waals surface area contributed by atoms with E-state index in [2.05, 4.69) is 0 Å². The van der Waals surface area contributed by atoms with Crippen molar-refractivity contribution in [3.8, 4) is 5.69 Å². The largest absolute Gasteiger partial charge is 0.508 e. The summed E-state index contributed by atoms with van der Waals surface area (Å²) in [4.78, 5) is 1.06. The predicted octanol–water partition coefficient (Wildman–Crippen LogP) is 4.42. The number of fused-ring (bicyclic) bond motifs is 3. The fraction of sp³-hybridized carbons (Fsp3) is 0.263. The minimum Gasteiger partial charge on any atom is -0.508 e. The molecule has 4 rings (SSSR count). The van der Waals surface area contributed by atoms with Gasteiger partial charge >= 0.3 is 0 Å². The molecule has 9 heteroatoms. The molecule has 0 saturated carbocycles. The van der Waals surface area contributed by atoms with E-state index in [-0.39, 0.29) is 42.8 Å². The number of para-hydroxylation sites is 1. The van der Waals surface area contributed by atoms with Gasteiger partial charge in [0.2, 0.25) is 0 Å². The number of nitrogens with zero attached hydrogens (tertiary/aromatic N) is 1. The number of benzene rings is 1. The molecule has 0 radical (unpaired) electrons. The topological polar surface area (TPSA) is 68.5 Å². The zero-order valence-electron chi connectivity index (χ0n) is 14.9. The van der Waals surface area contributed by atoms with E-state index >= 15 is 0 Å². The summed E-state index contributed by atoms with van der Waals surface area (Å²) in [6.07, 6.45) is 7.90. The molecule has 1 aliphatic heterocycles. The summed E-state index contributed by atoms with van der Waals surface area (Å²) in [5.41, 5.74) is 0.733. The van der Waals surface area contributed by atoms with Crippen LogP contribution < -0.4 is 0 Å². The number of aliphatic hydroxyl groups is 1. The summed E-state index contributed by atoms with van der Waals surface area (Å²) >= 11 is 1.61. The van der Waals surface area contributed by atoms with Gasteiger partial charge in [-0.2, -0.15) is 0 Å². The van der Waals surface area contributed by atoms with E-state index in [0.717, 1.165) is 16.3 Å². The van der Waals surface area contributed by atoms with Crippen molar-refractivity contribution < 1.29 is 43.6 Å². The summed E-state index contributed by atoms with van der Waals surface area (Å²) in [6.45, 7) is 1.82. The second-order valence-electron chi connectivity index (χ2n) is 6.55. The van der Waals surface area contributed by atoms with Crippen molar-refractivity contribution in [2.75, 3.05) is 0 Å². The van der Waals surface area contributed by atoms with Gasteiger partial charge in [0.25, 0.3) is 0 Å². The molecule has 0 saturated heterocycles. The van der Waals surface area contributed by atoms with Crippen LogP contribution in [0.3, 0.4) is 0 Å². The van der Waals surface area contributed by atoms with E-state index in [9.17, 15) is 13.5 Å². The van der Waals surface area contributed by atoms with Crippen LogP contribution in [-0.4, -0.2) is 14.9 Å². The number of allylic oxidation sites excluding steroid dienone is 3. The van der Waals surface area contributed by atoms with Gasteiger partial charge in [-0.25, -0.2) is 0 Å².